The number of aromatic nitrogens is 2. The quantitative estimate of drug-likeness (QED) is 0.933. The lowest BCUT2D eigenvalue weighted by atomic mass is 10.1. The summed E-state index contributed by atoms with van der Waals surface area (Å²) in [5.41, 5.74) is 2.07. The van der Waals surface area contributed by atoms with Crippen LogP contribution in [-0.4, -0.2) is 21.0 Å². The molecule has 20 heavy (non-hydrogen) atoms. The molecule has 0 aliphatic carbocycles. The maximum Gasteiger partial charge on any atom is 0.338 e. The number of aryl methyl sites for hydroxylation is 2. The third-order valence-corrected chi connectivity index (χ3v) is 3.53. The molecule has 0 spiro atoms. The van der Waals surface area contributed by atoms with Crippen LogP contribution in [0.3, 0.4) is 0 Å². The lowest BCUT2D eigenvalue weighted by molar-refractivity contribution is 0.0691. The zero-order valence-corrected chi connectivity index (χ0v) is 11.7. The minimum absolute atomic E-state index is 0.187. The van der Waals surface area contributed by atoms with Gasteiger partial charge in [0.2, 0.25) is 0 Å². The Balaban J connectivity index is 2.42. The smallest absolute Gasteiger partial charge is 0.338 e. The van der Waals surface area contributed by atoms with Crippen molar-refractivity contribution >= 4 is 17.7 Å². The average Bonchev–Trinajstić information content (AvgIpc) is 2.38. The van der Waals surface area contributed by atoms with Crippen LogP contribution in [0.4, 0.5) is 0 Å². The van der Waals surface area contributed by atoms with Crippen molar-refractivity contribution in [1.29, 1.82) is 5.26 Å². The van der Waals surface area contributed by atoms with Gasteiger partial charge in [0.05, 0.1) is 11.1 Å². The van der Waals surface area contributed by atoms with Crippen molar-refractivity contribution in [2.24, 2.45) is 0 Å². The van der Waals surface area contributed by atoms with Gasteiger partial charge >= 0.3 is 5.97 Å². The number of carbonyl (C=O) groups is 1. The highest BCUT2D eigenvalue weighted by Crippen LogP contribution is 2.29. The highest BCUT2D eigenvalue weighted by molar-refractivity contribution is 7.99. The van der Waals surface area contributed by atoms with E-state index >= 15 is 0 Å². The summed E-state index contributed by atoms with van der Waals surface area (Å²) in [4.78, 5) is 19.7. The fourth-order valence-corrected chi connectivity index (χ4v) is 2.72. The van der Waals surface area contributed by atoms with E-state index in [0.717, 1.165) is 5.69 Å². The first-order valence-corrected chi connectivity index (χ1v) is 6.58. The molecule has 1 N–H and O–H groups in total. The standard InChI is InChI=1S/C14H11N3O2S/c1-8-5-9(2)17-13(12(8)14(18)19)20-11-4-3-10(6-15)7-16-11/h3-5,7H,1-2H3,(H,18,19). The van der Waals surface area contributed by atoms with E-state index in [0.29, 0.717) is 21.2 Å². The van der Waals surface area contributed by atoms with Gasteiger partial charge < -0.3 is 5.11 Å². The number of aromatic carboxylic acids is 1. The molecular weight excluding hydrogens is 274 g/mol. The van der Waals surface area contributed by atoms with Crippen LogP contribution < -0.4 is 0 Å². The molecule has 0 saturated heterocycles. The van der Waals surface area contributed by atoms with Gasteiger partial charge in [0.25, 0.3) is 0 Å². The minimum atomic E-state index is -1.01. The van der Waals surface area contributed by atoms with E-state index in [1.807, 2.05) is 13.0 Å². The maximum absolute atomic E-state index is 11.3. The lowest BCUT2D eigenvalue weighted by Gasteiger charge is -2.08. The van der Waals surface area contributed by atoms with Crippen LogP contribution in [0.5, 0.6) is 0 Å². The van der Waals surface area contributed by atoms with Gasteiger partial charge in [0, 0.05) is 11.9 Å². The molecule has 0 bridgehead atoms. The molecule has 2 aromatic rings. The molecule has 0 atom stereocenters. The molecule has 0 amide bonds. The van der Waals surface area contributed by atoms with E-state index in [1.165, 1.54) is 18.0 Å². The van der Waals surface area contributed by atoms with Gasteiger partial charge in [-0.3, -0.25) is 0 Å². The topological polar surface area (TPSA) is 86.9 Å². The summed E-state index contributed by atoms with van der Waals surface area (Å²) in [6.45, 7) is 3.56. The molecule has 0 fully saturated rings. The van der Waals surface area contributed by atoms with Crippen molar-refractivity contribution in [3.8, 4) is 6.07 Å². The van der Waals surface area contributed by atoms with Crippen LogP contribution in [0, 0.1) is 25.2 Å². The Morgan fingerprint density at radius 1 is 1.40 bits per heavy atom. The summed E-state index contributed by atoms with van der Waals surface area (Å²) in [6, 6.07) is 7.03. The number of hydrogen-bond donors (Lipinski definition) is 1. The SMILES string of the molecule is Cc1cc(C)c(C(=O)O)c(Sc2ccc(C#N)cn2)n1. The molecule has 100 valence electrons. The predicted octanol–water partition coefficient (Wildman–Crippen LogP) is 2.81. The molecule has 0 aliphatic heterocycles. The molecule has 0 aromatic carbocycles. The average molecular weight is 285 g/mol. The lowest BCUT2D eigenvalue weighted by Crippen LogP contribution is -2.05. The highest BCUT2D eigenvalue weighted by atomic mass is 32.2. The Morgan fingerprint density at radius 2 is 2.15 bits per heavy atom. The van der Waals surface area contributed by atoms with Gasteiger partial charge in [-0.2, -0.15) is 5.26 Å². The monoisotopic (exact) mass is 285 g/mol. The first kappa shape index (κ1) is 14.0. The molecule has 2 heterocycles. The summed E-state index contributed by atoms with van der Waals surface area (Å²) < 4.78 is 0. The second kappa shape index (κ2) is 5.72. The maximum atomic E-state index is 11.3. The second-order valence-corrected chi connectivity index (χ2v) is 5.17. The predicted molar refractivity (Wildman–Crippen MR) is 73.7 cm³/mol. The second-order valence-electron chi connectivity index (χ2n) is 4.16. The van der Waals surface area contributed by atoms with E-state index in [9.17, 15) is 9.90 Å². The molecule has 2 rings (SSSR count). The first-order chi connectivity index (χ1) is 9.51. The van der Waals surface area contributed by atoms with Gasteiger partial charge in [-0.05, 0) is 49.4 Å². The van der Waals surface area contributed by atoms with E-state index in [2.05, 4.69) is 9.97 Å². The van der Waals surface area contributed by atoms with Crippen LogP contribution in [-0.2, 0) is 0 Å². The summed E-state index contributed by atoms with van der Waals surface area (Å²) in [5, 5.41) is 19.0. The van der Waals surface area contributed by atoms with Gasteiger partial charge in [-0.1, -0.05) is 0 Å². The third kappa shape index (κ3) is 2.95. The van der Waals surface area contributed by atoms with E-state index < -0.39 is 5.97 Å². The number of rotatable bonds is 3. The van der Waals surface area contributed by atoms with E-state index in [-0.39, 0.29) is 5.56 Å². The minimum Gasteiger partial charge on any atom is -0.478 e. The van der Waals surface area contributed by atoms with E-state index in [1.54, 1.807) is 25.1 Å². The molecule has 5 nitrogen and oxygen atoms in total. The van der Waals surface area contributed by atoms with Crippen LogP contribution >= 0.6 is 11.8 Å². The largest absolute Gasteiger partial charge is 0.478 e. The number of hydrogen-bond acceptors (Lipinski definition) is 5. The molecule has 0 unspecified atom stereocenters. The van der Waals surface area contributed by atoms with Crippen molar-refractivity contribution in [2.75, 3.05) is 0 Å². The van der Waals surface area contributed by atoms with Gasteiger partial charge in [-0.25, -0.2) is 14.8 Å². The van der Waals surface area contributed by atoms with Crippen molar-refractivity contribution in [2.45, 2.75) is 23.9 Å². The van der Waals surface area contributed by atoms with Crippen molar-refractivity contribution in [3.05, 3.63) is 46.8 Å². The third-order valence-electron chi connectivity index (χ3n) is 2.59. The van der Waals surface area contributed by atoms with Crippen LogP contribution in [0.15, 0.2) is 34.4 Å². The van der Waals surface area contributed by atoms with Crippen LogP contribution in [0.2, 0.25) is 0 Å². The van der Waals surface area contributed by atoms with Gasteiger partial charge in [0.1, 0.15) is 16.1 Å². The van der Waals surface area contributed by atoms with Crippen LogP contribution in [0.1, 0.15) is 27.2 Å². The normalized spacial score (nSPS) is 10.1. The number of nitrogens with zero attached hydrogens (tertiary/aromatic N) is 3. The molecule has 6 heteroatoms. The summed E-state index contributed by atoms with van der Waals surface area (Å²) in [6.07, 6.45) is 1.45. The Morgan fingerprint density at radius 3 is 2.70 bits per heavy atom. The molecule has 0 saturated carbocycles. The number of carboxylic acids is 1. The molecule has 2 aromatic heterocycles. The zero-order chi connectivity index (χ0) is 14.7. The molecular formula is C14H11N3O2S. The number of carboxylic acid groups (broad SMARTS) is 1. The Labute approximate surface area is 120 Å². The van der Waals surface area contributed by atoms with Crippen molar-refractivity contribution in [3.63, 3.8) is 0 Å². The summed E-state index contributed by atoms with van der Waals surface area (Å²) in [5.74, 6) is -1.01. The Hall–Kier alpha value is -2.39. The highest BCUT2D eigenvalue weighted by Gasteiger charge is 2.17. The van der Waals surface area contributed by atoms with Crippen molar-refractivity contribution < 1.29 is 9.90 Å². The Kier molecular flexibility index (Phi) is 4.01. The van der Waals surface area contributed by atoms with Crippen LogP contribution in [0.25, 0.3) is 0 Å². The van der Waals surface area contributed by atoms with Crippen molar-refractivity contribution in [1.82, 2.24) is 9.97 Å². The number of nitriles is 1. The summed E-state index contributed by atoms with van der Waals surface area (Å²) in [7, 11) is 0. The fraction of sp³-hybridized carbons (Fsp3) is 0.143. The zero-order valence-electron chi connectivity index (χ0n) is 10.9. The fourth-order valence-electron chi connectivity index (χ4n) is 1.74. The van der Waals surface area contributed by atoms with Gasteiger partial charge in [0.15, 0.2) is 0 Å². The van der Waals surface area contributed by atoms with E-state index in [4.69, 9.17) is 5.26 Å². The molecule has 0 radical (unpaired) electrons. The van der Waals surface area contributed by atoms with Gasteiger partial charge in [-0.15, -0.1) is 0 Å². The summed E-state index contributed by atoms with van der Waals surface area (Å²) >= 11 is 1.18. The molecule has 0 aliphatic rings. The first-order valence-electron chi connectivity index (χ1n) is 5.77. The Bertz CT molecular complexity index is 706. The number of pyridine rings is 2.